The standard InChI is InChI=1S/C16H15ClN4OS/c1-21(9-11-4-2-5-12(17)8-11)10-15(22)18-13-6-3-7-14-16(13)20-23-19-14/h2-8H,9-10H2,1H3,(H,18,22). The Morgan fingerprint density at radius 3 is 2.91 bits per heavy atom. The molecule has 118 valence electrons. The third kappa shape index (κ3) is 4.04. The molecular formula is C16H15ClN4OS. The zero-order valence-corrected chi connectivity index (χ0v) is 14.1. The van der Waals surface area contributed by atoms with Crippen molar-refractivity contribution in [3.63, 3.8) is 0 Å². The number of anilines is 1. The number of nitrogens with zero attached hydrogens (tertiary/aromatic N) is 3. The summed E-state index contributed by atoms with van der Waals surface area (Å²) in [6.45, 7) is 0.927. The Balaban J connectivity index is 1.61. The van der Waals surface area contributed by atoms with Crippen molar-refractivity contribution in [2.75, 3.05) is 18.9 Å². The summed E-state index contributed by atoms with van der Waals surface area (Å²) in [5.41, 5.74) is 3.28. The van der Waals surface area contributed by atoms with Crippen molar-refractivity contribution in [3.05, 3.63) is 53.1 Å². The second kappa shape index (κ2) is 7.04. The van der Waals surface area contributed by atoms with E-state index >= 15 is 0 Å². The molecular weight excluding hydrogens is 332 g/mol. The normalized spacial score (nSPS) is 11.1. The quantitative estimate of drug-likeness (QED) is 0.769. The van der Waals surface area contributed by atoms with Gasteiger partial charge in [-0.3, -0.25) is 9.69 Å². The minimum atomic E-state index is -0.0879. The van der Waals surface area contributed by atoms with Crippen LogP contribution in [0.5, 0.6) is 0 Å². The maximum absolute atomic E-state index is 12.2. The van der Waals surface area contributed by atoms with E-state index in [1.54, 1.807) is 0 Å². The maximum atomic E-state index is 12.2. The molecule has 3 aromatic rings. The van der Waals surface area contributed by atoms with E-state index in [1.165, 1.54) is 0 Å². The molecule has 0 saturated heterocycles. The smallest absolute Gasteiger partial charge is 0.238 e. The molecule has 1 N–H and O–H groups in total. The minimum Gasteiger partial charge on any atom is -0.323 e. The molecule has 0 aliphatic carbocycles. The molecule has 0 fully saturated rings. The van der Waals surface area contributed by atoms with E-state index in [0.717, 1.165) is 28.3 Å². The van der Waals surface area contributed by atoms with Crippen molar-refractivity contribution in [3.8, 4) is 0 Å². The van der Waals surface area contributed by atoms with Gasteiger partial charge < -0.3 is 5.32 Å². The molecule has 1 amide bonds. The summed E-state index contributed by atoms with van der Waals surface area (Å²) in [6.07, 6.45) is 0. The molecule has 0 saturated carbocycles. The van der Waals surface area contributed by atoms with E-state index in [1.807, 2.05) is 54.4 Å². The van der Waals surface area contributed by atoms with Gasteiger partial charge in [0.05, 0.1) is 24.0 Å². The second-order valence-corrected chi connectivity index (χ2v) is 6.25. The second-order valence-electron chi connectivity index (χ2n) is 5.29. The van der Waals surface area contributed by atoms with Gasteiger partial charge in [-0.05, 0) is 36.9 Å². The van der Waals surface area contributed by atoms with Gasteiger partial charge in [-0.2, -0.15) is 8.75 Å². The predicted octanol–water partition coefficient (Wildman–Crippen LogP) is 3.42. The third-order valence-corrected chi connectivity index (χ3v) is 4.09. The molecule has 0 radical (unpaired) electrons. The molecule has 0 atom stereocenters. The van der Waals surface area contributed by atoms with Crippen LogP contribution in [0.1, 0.15) is 5.56 Å². The van der Waals surface area contributed by atoms with Gasteiger partial charge >= 0.3 is 0 Å². The summed E-state index contributed by atoms with van der Waals surface area (Å²) in [6, 6.07) is 13.2. The van der Waals surface area contributed by atoms with Crippen LogP contribution in [-0.4, -0.2) is 33.1 Å². The Kier molecular flexibility index (Phi) is 4.85. The van der Waals surface area contributed by atoms with Crippen LogP contribution in [-0.2, 0) is 11.3 Å². The Hall–Kier alpha value is -2.02. The Labute approximate surface area is 143 Å². The van der Waals surface area contributed by atoms with E-state index < -0.39 is 0 Å². The van der Waals surface area contributed by atoms with Crippen LogP contribution in [0.2, 0.25) is 5.02 Å². The van der Waals surface area contributed by atoms with Crippen LogP contribution in [0.15, 0.2) is 42.5 Å². The average molecular weight is 347 g/mol. The van der Waals surface area contributed by atoms with Gasteiger partial charge in [0.2, 0.25) is 5.91 Å². The number of carbonyl (C=O) groups excluding carboxylic acids is 1. The molecule has 23 heavy (non-hydrogen) atoms. The molecule has 7 heteroatoms. The van der Waals surface area contributed by atoms with E-state index in [2.05, 4.69) is 14.1 Å². The zero-order valence-electron chi connectivity index (χ0n) is 12.5. The SMILES string of the molecule is CN(CC(=O)Nc1cccc2nsnc12)Cc1cccc(Cl)c1. The summed E-state index contributed by atoms with van der Waals surface area (Å²) in [5.74, 6) is -0.0879. The van der Waals surface area contributed by atoms with Gasteiger partial charge in [-0.25, -0.2) is 0 Å². The highest BCUT2D eigenvalue weighted by molar-refractivity contribution is 7.00. The zero-order chi connectivity index (χ0) is 16.2. The first-order valence-corrected chi connectivity index (χ1v) is 8.17. The average Bonchev–Trinajstić information content (AvgIpc) is 2.96. The van der Waals surface area contributed by atoms with Crippen molar-refractivity contribution in [1.82, 2.24) is 13.6 Å². The van der Waals surface area contributed by atoms with Crippen LogP contribution >= 0.6 is 23.3 Å². The maximum Gasteiger partial charge on any atom is 0.238 e. The van der Waals surface area contributed by atoms with Crippen LogP contribution in [0.25, 0.3) is 11.0 Å². The first kappa shape index (κ1) is 15.9. The number of hydrogen-bond acceptors (Lipinski definition) is 5. The van der Waals surface area contributed by atoms with Crippen molar-refractivity contribution in [2.24, 2.45) is 0 Å². The van der Waals surface area contributed by atoms with Gasteiger partial charge in [0, 0.05) is 11.6 Å². The summed E-state index contributed by atoms with van der Waals surface area (Å²) >= 11 is 7.11. The topological polar surface area (TPSA) is 58.1 Å². The fourth-order valence-electron chi connectivity index (χ4n) is 2.34. The summed E-state index contributed by atoms with van der Waals surface area (Å²) in [7, 11) is 1.89. The first-order chi connectivity index (χ1) is 11.1. The highest BCUT2D eigenvalue weighted by Crippen LogP contribution is 2.21. The number of aromatic nitrogens is 2. The van der Waals surface area contributed by atoms with Crippen molar-refractivity contribution in [1.29, 1.82) is 0 Å². The number of halogens is 1. The van der Waals surface area contributed by atoms with Gasteiger partial charge in [0.15, 0.2) is 0 Å². The Morgan fingerprint density at radius 1 is 1.26 bits per heavy atom. The molecule has 1 aromatic heterocycles. The van der Waals surface area contributed by atoms with Gasteiger partial charge in [0.25, 0.3) is 0 Å². The van der Waals surface area contributed by atoms with Crippen molar-refractivity contribution >= 4 is 46.0 Å². The Morgan fingerprint density at radius 2 is 2.09 bits per heavy atom. The minimum absolute atomic E-state index is 0.0879. The summed E-state index contributed by atoms with van der Waals surface area (Å²) < 4.78 is 8.38. The van der Waals surface area contributed by atoms with Crippen LogP contribution in [0.3, 0.4) is 0 Å². The van der Waals surface area contributed by atoms with Gasteiger partial charge in [0.1, 0.15) is 11.0 Å². The van der Waals surface area contributed by atoms with Gasteiger partial charge in [-0.1, -0.05) is 29.8 Å². The molecule has 3 rings (SSSR count). The number of rotatable bonds is 5. The fraction of sp³-hybridized carbons (Fsp3) is 0.188. The lowest BCUT2D eigenvalue weighted by Gasteiger charge is -2.16. The van der Waals surface area contributed by atoms with Crippen LogP contribution in [0, 0.1) is 0 Å². The molecule has 0 aliphatic rings. The molecule has 2 aromatic carbocycles. The van der Waals surface area contributed by atoms with Crippen molar-refractivity contribution in [2.45, 2.75) is 6.54 Å². The molecule has 0 spiro atoms. The molecule has 5 nitrogen and oxygen atoms in total. The van der Waals surface area contributed by atoms with Crippen LogP contribution < -0.4 is 5.32 Å². The lowest BCUT2D eigenvalue weighted by atomic mass is 10.2. The van der Waals surface area contributed by atoms with E-state index in [4.69, 9.17) is 11.6 Å². The molecule has 0 bridgehead atoms. The predicted molar refractivity (Wildman–Crippen MR) is 93.8 cm³/mol. The van der Waals surface area contributed by atoms with Crippen LogP contribution in [0.4, 0.5) is 5.69 Å². The van der Waals surface area contributed by atoms with E-state index in [-0.39, 0.29) is 12.5 Å². The fourth-order valence-corrected chi connectivity index (χ4v) is 3.11. The number of fused-ring (bicyclic) bond motifs is 1. The first-order valence-electron chi connectivity index (χ1n) is 7.06. The number of amides is 1. The lowest BCUT2D eigenvalue weighted by molar-refractivity contribution is -0.117. The number of nitrogens with one attached hydrogen (secondary N) is 1. The number of carbonyl (C=O) groups is 1. The summed E-state index contributed by atoms with van der Waals surface area (Å²) in [5, 5.41) is 3.59. The lowest BCUT2D eigenvalue weighted by Crippen LogP contribution is -2.29. The van der Waals surface area contributed by atoms with Crippen molar-refractivity contribution < 1.29 is 4.79 Å². The van der Waals surface area contributed by atoms with Gasteiger partial charge in [-0.15, -0.1) is 0 Å². The van der Waals surface area contributed by atoms with E-state index in [0.29, 0.717) is 17.3 Å². The highest BCUT2D eigenvalue weighted by atomic mass is 35.5. The molecule has 0 unspecified atom stereocenters. The molecule has 0 aliphatic heterocycles. The largest absolute Gasteiger partial charge is 0.323 e. The number of likely N-dealkylation sites (N-methyl/N-ethyl adjacent to an activating group) is 1. The van der Waals surface area contributed by atoms with E-state index in [9.17, 15) is 4.79 Å². The highest BCUT2D eigenvalue weighted by Gasteiger charge is 2.11. The Bertz CT molecular complexity index is 836. The third-order valence-electron chi connectivity index (χ3n) is 3.32. The molecule has 1 heterocycles. The monoisotopic (exact) mass is 346 g/mol. The summed E-state index contributed by atoms with van der Waals surface area (Å²) in [4.78, 5) is 14.2. The number of hydrogen-bond donors (Lipinski definition) is 1. The number of benzene rings is 2.